The standard InChI is InChI=1S/C21H25N4O7P/c1-12-17(26)16(31-20(12)25-9-7-14-18(25)23-21(22)24-19(14)27)11-30-33(28)29-10-8-15(32-33)13-5-3-2-4-6-13/h2-7,9,12,15-17,20,26H,8,10-11H2,1H3,(H3,22,23,24,27)/t12-,15+,16+,17-,20+,33-/m0/s1. The number of ether oxygens (including phenoxy) is 1. The smallest absolute Gasteiger partial charge is 0.390 e. The van der Waals surface area contributed by atoms with Crippen molar-refractivity contribution in [2.45, 2.75) is 37.9 Å². The molecule has 12 heteroatoms. The van der Waals surface area contributed by atoms with Crippen molar-refractivity contribution in [2.75, 3.05) is 18.9 Å². The molecule has 4 heterocycles. The minimum Gasteiger partial charge on any atom is -0.390 e. The van der Waals surface area contributed by atoms with Crippen LogP contribution < -0.4 is 11.3 Å². The minimum absolute atomic E-state index is 0.0174. The lowest BCUT2D eigenvalue weighted by molar-refractivity contribution is -0.0536. The number of nitrogens with two attached hydrogens (primary N) is 1. The van der Waals surface area contributed by atoms with Gasteiger partial charge in [0.1, 0.15) is 12.3 Å². The molecule has 0 saturated carbocycles. The fourth-order valence-electron chi connectivity index (χ4n) is 4.25. The van der Waals surface area contributed by atoms with E-state index >= 15 is 0 Å². The lowest BCUT2D eigenvalue weighted by Gasteiger charge is -2.29. The summed E-state index contributed by atoms with van der Waals surface area (Å²) in [5, 5.41) is 11.1. The number of phosphoric acid groups is 1. The first-order valence-corrected chi connectivity index (χ1v) is 12.1. The summed E-state index contributed by atoms with van der Waals surface area (Å²) < 4.78 is 37.3. The minimum atomic E-state index is -3.84. The van der Waals surface area contributed by atoms with E-state index in [4.69, 9.17) is 24.0 Å². The average molecular weight is 476 g/mol. The van der Waals surface area contributed by atoms with Gasteiger partial charge in [-0.2, -0.15) is 4.98 Å². The number of hydrogen-bond acceptors (Lipinski definition) is 9. The van der Waals surface area contributed by atoms with Crippen LogP contribution in [0, 0.1) is 5.92 Å². The highest BCUT2D eigenvalue weighted by molar-refractivity contribution is 7.48. The number of aromatic amines is 1. The molecule has 2 saturated heterocycles. The van der Waals surface area contributed by atoms with E-state index in [2.05, 4.69) is 9.97 Å². The van der Waals surface area contributed by atoms with Crippen LogP contribution in [0.15, 0.2) is 47.4 Å². The van der Waals surface area contributed by atoms with Crippen molar-refractivity contribution in [3.63, 3.8) is 0 Å². The monoisotopic (exact) mass is 476 g/mol. The van der Waals surface area contributed by atoms with Crippen LogP contribution in [0.5, 0.6) is 0 Å². The highest BCUT2D eigenvalue weighted by atomic mass is 31.2. The van der Waals surface area contributed by atoms with E-state index in [0.29, 0.717) is 17.5 Å². The molecule has 33 heavy (non-hydrogen) atoms. The van der Waals surface area contributed by atoms with Gasteiger partial charge in [-0.15, -0.1) is 0 Å². The van der Waals surface area contributed by atoms with Gasteiger partial charge in [0.25, 0.3) is 5.56 Å². The third-order valence-electron chi connectivity index (χ3n) is 6.01. The highest BCUT2D eigenvalue weighted by Gasteiger charge is 2.45. The zero-order valence-electron chi connectivity index (χ0n) is 17.9. The maximum Gasteiger partial charge on any atom is 0.475 e. The van der Waals surface area contributed by atoms with Crippen molar-refractivity contribution in [3.8, 4) is 0 Å². The van der Waals surface area contributed by atoms with Crippen LogP contribution in [0.1, 0.15) is 31.2 Å². The molecule has 1 aromatic carbocycles. The van der Waals surface area contributed by atoms with Crippen LogP contribution in [0.2, 0.25) is 0 Å². The number of H-pyrrole nitrogens is 1. The fraction of sp³-hybridized carbons (Fsp3) is 0.429. The lowest BCUT2D eigenvalue weighted by atomic mass is 10.0. The van der Waals surface area contributed by atoms with Gasteiger partial charge < -0.3 is 20.1 Å². The highest BCUT2D eigenvalue weighted by Crippen LogP contribution is 2.57. The van der Waals surface area contributed by atoms with Gasteiger partial charge in [-0.3, -0.25) is 23.3 Å². The predicted molar refractivity (Wildman–Crippen MR) is 118 cm³/mol. The molecule has 2 aliphatic heterocycles. The summed E-state index contributed by atoms with van der Waals surface area (Å²) >= 11 is 0. The number of rotatable bonds is 5. The van der Waals surface area contributed by atoms with Gasteiger partial charge in [0.15, 0.2) is 5.65 Å². The van der Waals surface area contributed by atoms with Crippen LogP contribution in [-0.2, 0) is 22.9 Å². The van der Waals surface area contributed by atoms with Crippen LogP contribution in [0.25, 0.3) is 11.0 Å². The number of benzene rings is 1. The summed E-state index contributed by atoms with van der Waals surface area (Å²) in [5.74, 6) is -0.390. The van der Waals surface area contributed by atoms with E-state index in [9.17, 15) is 14.5 Å². The van der Waals surface area contributed by atoms with E-state index in [0.717, 1.165) is 5.56 Å². The predicted octanol–water partition coefficient (Wildman–Crippen LogP) is 2.50. The third-order valence-corrected chi connectivity index (χ3v) is 7.49. The Morgan fingerprint density at radius 3 is 2.91 bits per heavy atom. The number of fused-ring (bicyclic) bond motifs is 1. The van der Waals surface area contributed by atoms with Crippen molar-refractivity contribution < 1.29 is 28.0 Å². The van der Waals surface area contributed by atoms with Crippen molar-refractivity contribution in [3.05, 3.63) is 58.5 Å². The number of nitrogens with zero attached hydrogens (tertiary/aromatic N) is 2. The quantitative estimate of drug-likeness (QED) is 0.472. The number of phosphoric ester groups is 1. The zero-order chi connectivity index (χ0) is 23.2. The molecule has 2 aromatic heterocycles. The van der Waals surface area contributed by atoms with Gasteiger partial charge in [-0.25, -0.2) is 4.57 Å². The molecule has 6 atom stereocenters. The maximum absolute atomic E-state index is 13.1. The Hall–Kier alpha value is -2.53. The van der Waals surface area contributed by atoms with Crippen molar-refractivity contribution in [2.24, 2.45) is 5.92 Å². The number of nitrogen functional groups attached to an aromatic ring is 1. The first-order chi connectivity index (χ1) is 15.8. The second-order valence-electron chi connectivity index (χ2n) is 8.20. The summed E-state index contributed by atoms with van der Waals surface area (Å²) in [7, 11) is -3.84. The Bertz CT molecular complexity index is 1250. The molecule has 2 fully saturated rings. The first-order valence-electron chi connectivity index (χ1n) is 10.7. The van der Waals surface area contributed by atoms with Gasteiger partial charge in [0.2, 0.25) is 5.95 Å². The SMILES string of the molecule is C[C@H]1[C@H](O)[C@@H](CO[P@]2(=O)OCC[C@H](c3ccccc3)O2)O[C@H]1n1ccc2c(=O)[nH]c(N)nc21. The Morgan fingerprint density at radius 2 is 2.12 bits per heavy atom. The number of aliphatic hydroxyl groups excluding tert-OH is 1. The molecule has 0 amide bonds. The third kappa shape index (κ3) is 4.23. The molecule has 0 aliphatic carbocycles. The lowest BCUT2D eigenvalue weighted by Crippen LogP contribution is -2.29. The molecule has 0 radical (unpaired) electrons. The molecule has 0 spiro atoms. The second-order valence-corrected chi connectivity index (χ2v) is 9.82. The molecule has 176 valence electrons. The molecule has 0 unspecified atom stereocenters. The van der Waals surface area contributed by atoms with E-state index in [1.165, 1.54) is 0 Å². The van der Waals surface area contributed by atoms with Crippen molar-refractivity contribution in [1.29, 1.82) is 0 Å². The summed E-state index contributed by atoms with van der Waals surface area (Å²) in [6.45, 7) is 1.83. The molecule has 4 N–H and O–H groups in total. The maximum atomic E-state index is 13.1. The molecule has 2 aliphatic rings. The van der Waals surface area contributed by atoms with E-state index in [1.54, 1.807) is 23.8 Å². The Balaban J connectivity index is 1.29. The van der Waals surface area contributed by atoms with Gasteiger partial charge in [-0.05, 0) is 11.6 Å². The number of aromatic nitrogens is 3. The second kappa shape index (κ2) is 8.68. The average Bonchev–Trinajstić information content (AvgIpc) is 3.34. The summed E-state index contributed by atoms with van der Waals surface area (Å²) in [6, 6.07) is 11.0. The number of nitrogens with one attached hydrogen (secondary N) is 1. The van der Waals surface area contributed by atoms with Crippen LogP contribution in [0.4, 0.5) is 5.95 Å². The molecule has 5 rings (SSSR count). The molecule has 11 nitrogen and oxygen atoms in total. The van der Waals surface area contributed by atoms with Crippen LogP contribution >= 0.6 is 7.82 Å². The van der Waals surface area contributed by atoms with Crippen LogP contribution in [-0.4, -0.2) is 45.1 Å². The number of hydrogen-bond donors (Lipinski definition) is 3. The first kappa shape index (κ1) is 22.3. The normalized spacial score (nSPS) is 32.4. The molecule has 0 bridgehead atoms. The fourth-order valence-corrected chi connectivity index (χ4v) is 5.64. The topological polar surface area (TPSA) is 151 Å². The van der Waals surface area contributed by atoms with Gasteiger partial charge in [-0.1, -0.05) is 37.3 Å². The van der Waals surface area contributed by atoms with Crippen LogP contribution in [0.3, 0.4) is 0 Å². The van der Waals surface area contributed by atoms with Crippen molar-refractivity contribution >= 4 is 24.8 Å². The summed E-state index contributed by atoms with van der Waals surface area (Å²) in [4.78, 5) is 18.8. The van der Waals surface area contributed by atoms with E-state index in [1.807, 2.05) is 30.3 Å². The zero-order valence-corrected chi connectivity index (χ0v) is 18.8. The van der Waals surface area contributed by atoms with Crippen molar-refractivity contribution in [1.82, 2.24) is 14.5 Å². The largest absolute Gasteiger partial charge is 0.475 e. The number of aliphatic hydroxyl groups is 1. The number of anilines is 1. The summed E-state index contributed by atoms with van der Waals surface area (Å²) in [5.41, 5.74) is 6.56. The Labute approximate surface area is 189 Å². The molecular formula is C21H25N4O7P. The Kier molecular flexibility index (Phi) is 5.86. The molecular weight excluding hydrogens is 451 g/mol. The van der Waals surface area contributed by atoms with Gasteiger partial charge >= 0.3 is 7.82 Å². The van der Waals surface area contributed by atoms with E-state index < -0.39 is 32.4 Å². The van der Waals surface area contributed by atoms with Gasteiger partial charge in [0, 0.05) is 18.5 Å². The van der Waals surface area contributed by atoms with Gasteiger partial charge in [0.05, 0.1) is 30.8 Å². The van der Waals surface area contributed by atoms with E-state index in [-0.39, 0.29) is 30.6 Å². The molecule has 3 aromatic rings. The summed E-state index contributed by atoms with van der Waals surface area (Å²) in [6.07, 6.45) is -0.554. The Morgan fingerprint density at radius 1 is 1.33 bits per heavy atom.